The summed E-state index contributed by atoms with van der Waals surface area (Å²) in [7, 11) is 2.70. The van der Waals surface area contributed by atoms with Gasteiger partial charge in [0.2, 0.25) is 0 Å². The van der Waals surface area contributed by atoms with Crippen molar-refractivity contribution in [2.45, 2.75) is 124 Å². The van der Waals surface area contributed by atoms with E-state index in [0.717, 1.165) is 12.8 Å². The van der Waals surface area contributed by atoms with E-state index in [1.54, 1.807) is 0 Å². The fraction of sp³-hybridized carbons (Fsp3) is 0.800. The van der Waals surface area contributed by atoms with E-state index < -0.39 is 34.3 Å². The quantitative estimate of drug-likeness (QED) is 0.198. The molecule has 5 aliphatic rings. The van der Waals surface area contributed by atoms with Gasteiger partial charge in [-0.3, -0.25) is 4.79 Å². The van der Waals surface area contributed by atoms with Crippen molar-refractivity contribution in [3.63, 3.8) is 0 Å². The number of carbonyl (C=O) groups is 3. The Morgan fingerprint density at radius 3 is 2.19 bits per heavy atom. The van der Waals surface area contributed by atoms with Gasteiger partial charge < -0.3 is 19.3 Å². The van der Waals surface area contributed by atoms with Crippen LogP contribution in [-0.4, -0.2) is 49.4 Å². The number of aliphatic hydroxyl groups is 1. The van der Waals surface area contributed by atoms with E-state index in [4.69, 9.17) is 14.2 Å². The molecule has 0 amide bonds. The van der Waals surface area contributed by atoms with Gasteiger partial charge in [0.05, 0.1) is 36.9 Å². The van der Waals surface area contributed by atoms with Gasteiger partial charge in [-0.1, -0.05) is 65.0 Å². The Labute approximate surface area is 251 Å². The molecule has 0 heterocycles. The van der Waals surface area contributed by atoms with Crippen LogP contribution in [0.5, 0.6) is 0 Å². The van der Waals surface area contributed by atoms with Crippen LogP contribution in [0.15, 0.2) is 22.3 Å². The summed E-state index contributed by atoms with van der Waals surface area (Å²) in [5.74, 6) is 0.238. The second-order valence-electron chi connectivity index (χ2n) is 15.0. The Morgan fingerprint density at radius 1 is 0.905 bits per heavy atom. The van der Waals surface area contributed by atoms with Crippen molar-refractivity contribution in [1.29, 1.82) is 0 Å². The van der Waals surface area contributed by atoms with Gasteiger partial charge in [0, 0.05) is 12.3 Å². The van der Waals surface area contributed by atoms with Crippen molar-refractivity contribution in [1.82, 2.24) is 0 Å². The average molecular weight is 585 g/mol. The highest BCUT2D eigenvalue weighted by Crippen LogP contribution is 2.82. The molecule has 0 aliphatic heterocycles. The molecular weight excluding hydrogens is 532 g/mol. The highest BCUT2D eigenvalue weighted by molar-refractivity contribution is 6.05. The zero-order chi connectivity index (χ0) is 30.8. The van der Waals surface area contributed by atoms with E-state index in [-0.39, 0.29) is 17.5 Å². The molecule has 2 bridgehead atoms. The maximum absolute atomic E-state index is 13.9. The van der Waals surface area contributed by atoms with Crippen LogP contribution in [-0.2, 0) is 28.6 Å². The van der Waals surface area contributed by atoms with Gasteiger partial charge in [0.25, 0.3) is 0 Å². The van der Waals surface area contributed by atoms with Crippen LogP contribution in [0.1, 0.15) is 112 Å². The monoisotopic (exact) mass is 584 g/mol. The molecule has 5 rings (SSSR count). The van der Waals surface area contributed by atoms with Crippen LogP contribution in [0.4, 0.5) is 0 Å². The summed E-state index contributed by atoms with van der Waals surface area (Å²) in [6.45, 7) is 12.9. The maximum atomic E-state index is 13.9. The minimum atomic E-state index is -1.03. The summed E-state index contributed by atoms with van der Waals surface area (Å²) in [6.07, 6.45) is 8.00. The maximum Gasteiger partial charge on any atom is 0.335 e. The zero-order valence-corrected chi connectivity index (χ0v) is 27.1. The van der Waals surface area contributed by atoms with Crippen LogP contribution >= 0.6 is 0 Å². The molecule has 0 saturated heterocycles. The number of methoxy groups -OCH3 is 2. The predicted molar refractivity (Wildman–Crippen MR) is 159 cm³/mol. The van der Waals surface area contributed by atoms with Crippen molar-refractivity contribution in [2.75, 3.05) is 14.2 Å². The fourth-order valence-corrected chi connectivity index (χ4v) is 11.2. The molecule has 3 fully saturated rings. The Kier molecular flexibility index (Phi) is 8.03. The first kappa shape index (κ1) is 31.3. The van der Waals surface area contributed by atoms with E-state index in [9.17, 15) is 19.5 Å². The van der Waals surface area contributed by atoms with Crippen molar-refractivity contribution in [2.24, 2.45) is 39.4 Å². The lowest BCUT2D eigenvalue weighted by molar-refractivity contribution is -0.172. The average Bonchev–Trinajstić information content (AvgIpc) is 3.30. The van der Waals surface area contributed by atoms with Crippen molar-refractivity contribution < 1.29 is 33.7 Å². The van der Waals surface area contributed by atoms with E-state index in [1.165, 1.54) is 51.6 Å². The third-order valence-corrected chi connectivity index (χ3v) is 12.8. The molecule has 7 heteroatoms. The Bertz CT molecular complexity index is 1210. The molecule has 5 aliphatic carbocycles. The van der Waals surface area contributed by atoms with Gasteiger partial charge in [0.1, 0.15) is 6.10 Å². The number of rotatable bonds is 8. The van der Waals surface area contributed by atoms with Crippen molar-refractivity contribution in [3.8, 4) is 0 Å². The highest BCUT2D eigenvalue weighted by Gasteiger charge is 2.79. The predicted octanol–water partition coefficient (Wildman–Crippen LogP) is 6.47. The smallest absolute Gasteiger partial charge is 0.335 e. The fourth-order valence-electron chi connectivity index (χ4n) is 11.2. The van der Waals surface area contributed by atoms with Crippen LogP contribution in [0.3, 0.4) is 0 Å². The van der Waals surface area contributed by atoms with Gasteiger partial charge in [-0.15, -0.1) is 0 Å². The molecule has 0 aromatic carbocycles. The topological polar surface area (TPSA) is 99.1 Å². The second kappa shape index (κ2) is 10.8. The van der Waals surface area contributed by atoms with Gasteiger partial charge >= 0.3 is 17.9 Å². The van der Waals surface area contributed by atoms with Crippen LogP contribution in [0.25, 0.3) is 0 Å². The van der Waals surface area contributed by atoms with E-state index in [2.05, 4.69) is 34.6 Å². The molecule has 0 radical (unpaired) electrons. The number of allylic oxidation sites excluding steroid dienone is 1. The largest absolute Gasteiger partial charge is 0.466 e. The summed E-state index contributed by atoms with van der Waals surface area (Å²) < 4.78 is 16.6. The first-order valence-corrected chi connectivity index (χ1v) is 16.2. The third kappa shape index (κ3) is 4.04. The number of hydrogen-bond acceptors (Lipinski definition) is 7. The molecule has 0 aromatic rings. The summed E-state index contributed by atoms with van der Waals surface area (Å²) in [6, 6.07) is 0. The second-order valence-corrected chi connectivity index (χ2v) is 15.0. The summed E-state index contributed by atoms with van der Waals surface area (Å²) in [5.41, 5.74) is 0.610. The SMILES string of the molecule is COC(=O)C1=C(C(=O)OC)[C@@]23C(=C4CC[C@H]([C@H](C)CCCC(C)C)[C@@]4(C)C[C@H]2O)CC[C@]12C[C@@H](OC(C)=O)CC[C@@]23C. The molecule has 0 unspecified atom stereocenters. The summed E-state index contributed by atoms with van der Waals surface area (Å²) in [5, 5.41) is 12.6. The molecule has 1 N–H and O–H groups in total. The minimum absolute atomic E-state index is 0.155. The summed E-state index contributed by atoms with van der Waals surface area (Å²) in [4.78, 5) is 39.7. The molecule has 42 heavy (non-hydrogen) atoms. The van der Waals surface area contributed by atoms with Gasteiger partial charge in [-0.25, -0.2) is 9.59 Å². The van der Waals surface area contributed by atoms with E-state index >= 15 is 0 Å². The Balaban J connectivity index is 1.70. The number of carbonyl (C=O) groups excluding carboxylic acids is 3. The standard InChI is InChI=1S/C35H52O7/c1-20(2)10-9-11-21(3)24-12-13-25-26-15-17-34-18-23(42-22(4)36)14-16-33(34,6)35(26,27(37)19-32(24,25)5)29(31(39)41-8)28(34)30(38)40-7/h20-21,23-24,27,37H,9-19H2,1-8H3/t21-,23+,24-,27-,32-,33+,34+,35-/m1/s1. The molecule has 1 spiro atoms. The Hall–Kier alpha value is -2.15. The zero-order valence-electron chi connectivity index (χ0n) is 27.1. The summed E-state index contributed by atoms with van der Waals surface area (Å²) >= 11 is 0. The third-order valence-electron chi connectivity index (χ3n) is 12.8. The van der Waals surface area contributed by atoms with E-state index in [1.807, 2.05) is 0 Å². The van der Waals surface area contributed by atoms with E-state index in [0.29, 0.717) is 67.4 Å². The number of fused-ring (bicyclic) bond motifs is 1. The molecule has 3 saturated carbocycles. The molecule has 7 nitrogen and oxygen atoms in total. The number of hydrogen-bond donors (Lipinski definition) is 1. The van der Waals surface area contributed by atoms with Gasteiger partial charge in [0.15, 0.2) is 0 Å². The molecule has 8 atom stereocenters. The first-order valence-electron chi connectivity index (χ1n) is 16.2. The highest BCUT2D eigenvalue weighted by atomic mass is 16.5. The number of aliphatic hydroxyl groups excluding tert-OH is 1. The first-order chi connectivity index (χ1) is 19.7. The molecule has 234 valence electrons. The van der Waals surface area contributed by atoms with Crippen molar-refractivity contribution >= 4 is 17.9 Å². The van der Waals surface area contributed by atoms with Crippen LogP contribution in [0, 0.1) is 39.4 Å². The number of esters is 3. The molecular formula is C35H52O7. The molecule has 0 aromatic heterocycles. The Morgan fingerprint density at radius 2 is 1.57 bits per heavy atom. The number of ether oxygens (including phenoxy) is 3. The lowest BCUT2D eigenvalue weighted by atomic mass is 9.38. The lowest BCUT2D eigenvalue weighted by Gasteiger charge is -2.65. The van der Waals surface area contributed by atoms with Crippen molar-refractivity contribution in [3.05, 3.63) is 22.3 Å². The van der Waals surface area contributed by atoms with Gasteiger partial charge in [-0.2, -0.15) is 0 Å². The normalized spacial score (nSPS) is 39.4. The van der Waals surface area contributed by atoms with Gasteiger partial charge in [-0.05, 0) is 80.0 Å². The lowest BCUT2D eigenvalue weighted by Crippen LogP contribution is -2.63. The minimum Gasteiger partial charge on any atom is -0.466 e. The van der Waals surface area contributed by atoms with Crippen LogP contribution < -0.4 is 0 Å². The van der Waals surface area contributed by atoms with Crippen LogP contribution in [0.2, 0.25) is 0 Å².